The number of para-hydroxylation sites is 1. The SMILES string of the molecule is CCOc1cc(/C=N/NC(=O)COc2cccc3cccnc23)cc(Cl)c1OCC(=O)Nc1ccc(C)cc1. The normalized spacial score (nSPS) is 10.8. The number of nitrogens with zero attached hydrogens (tertiary/aromatic N) is 2. The number of aromatic nitrogens is 1. The molecule has 0 unspecified atom stereocenters. The number of hydrogen-bond donors (Lipinski definition) is 2. The van der Waals surface area contributed by atoms with Crippen LogP contribution in [0.2, 0.25) is 5.02 Å². The number of amides is 2. The number of rotatable bonds is 11. The van der Waals surface area contributed by atoms with Crippen molar-refractivity contribution >= 4 is 46.2 Å². The first-order valence-electron chi connectivity index (χ1n) is 12.2. The van der Waals surface area contributed by atoms with Crippen molar-refractivity contribution in [3.63, 3.8) is 0 Å². The van der Waals surface area contributed by atoms with Crippen LogP contribution in [-0.2, 0) is 9.59 Å². The number of nitrogens with one attached hydrogen (secondary N) is 2. The van der Waals surface area contributed by atoms with Crippen molar-refractivity contribution in [2.45, 2.75) is 13.8 Å². The Hall–Kier alpha value is -4.63. The molecule has 0 saturated heterocycles. The summed E-state index contributed by atoms with van der Waals surface area (Å²) >= 11 is 6.43. The van der Waals surface area contributed by atoms with Gasteiger partial charge in [0.1, 0.15) is 11.3 Å². The van der Waals surface area contributed by atoms with E-state index in [-0.39, 0.29) is 29.9 Å². The Morgan fingerprint density at radius 2 is 1.72 bits per heavy atom. The highest BCUT2D eigenvalue weighted by Gasteiger charge is 2.14. The van der Waals surface area contributed by atoms with Crippen molar-refractivity contribution in [2.75, 3.05) is 25.1 Å². The number of carbonyl (C=O) groups excluding carboxylic acids is 2. The lowest BCUT2D eigenvalue weighted by Gasteiger charge is -2.14. The zero-order chi connectivity index (χ0) is 27.6. The fraction of sp³-hybridized carbons (Fsp3) is 0.172. The summed E-state index contributed by atoms with van der Waals surface area (Å²) in [5, 5.41) is 7.88. The Balaban J connectivity index is 1.34. The molecule has 0 aliphatic carbocycles. The summed E-state index contributed by atoms with van der Waals surface area (Å²) < 4.78 is 17.0. The molecule has 4 aromatic rings. The van der Waals surface area contributed by atoms with Gasteiger partial charge in [0, 0.05) is 17.3 Å². The molecule has 0 aliphatic heterocycles. The Kier molecular flexibility index (Phi) is 9.31. The van der Waals surface area contributed by atoms with E-state index in [0.717, 1.165) is 10.9 Å². The molecule has 1 aromatic heterocycles. The van der Waals surface area contributed by atoms with Crippen molar-refractivity contribution in [2.24, 2.45) is 5.10 Å². The topological polar surface area (TPSA) is 111 Å². The summed E-state index contributed by atoms with van der Waals surface area (Å²) in [4.78, 5) is 28.9. The van der Waals surface area contributed by atoms with Gasteiger partial charge in [0.05, 0.1) is 17.8 Å². The number of halogens is 1. The Labute approximate surface area is 230 Å². The molecular formula is C29H27ClN4O5. The van der Waals surface area contributed by atoms with E-state index < -0.39 is 5.91 Å². The smallest absolute Gasteiger partial charge is 0.277 e. The predicted molar refractivity (Wildman–Crippen MR) is 151 cm³/mol. The molecule has 0 aliphatic rings. The largest absolute Gasteiger partial charge is 0.490 e. The zero-order valence-corrected chi connectivity index (χ0v) is 22.2. The molecular weight excluding hydrogens is 520 g/mol. The van der Waals surface area contributed by atoms with Gasteiger partial charge < -0.3 is 19.5 Å². The molecule has 0 fully saturated rings. The van der Waals surface area contributed by atoms with E-state index >= 15 is 0 Å². The van der Waals surface area contributed by atoms with E-state index in [1.54, 1.807) is 24.4 Å². The molecule has 3 aromatic carbocycles. The van der Waals surface area contributed by atoms with E-state index in [1.807, 2.05) is 62.4 Å². The number of anilines is 1. The number of hydrazone groups is 1. The minimum atomic E-state index is -0.449. The number of hydrogen-bond acceptors (Lipinski definition) is 7. The molecule has 0 bridgehead atoms. The second-order valence-corrected chi connectivity index (χ2v) is 8.79. The van der Waals surface area contributed by atoms with Crippen molar-refractivity contribution in [1.29, 1.82) is 0 Å². The number of ether oxygens (including phenoxy) is 3. The molecule has 0 radical (unpaired) electrons. The van der Waals surface area contributed by atoms with Gasteiger partial charge in [-0.3, -0.25) is 14.6 Å². The maximum Gasteiger partial charge on any atom is 0.277 e. The third-order valence-electron chi connectivity index (χ3n) is 5.37. The first-order valence-corrected chi connectivity index (χ1v) is 12.5. The van der Waals surface area contributed by atoms with Gasteiger partial charge >= 0.3 is 0 Å². The van der Waals surface area contributed by atoms with Gasteiger partial charge in [-0.25, -0.2) is 5.43 Å². The average molecular weight is 547 g/mol. The van der Waals surface area contributed by atoms with Gasteiger partial charge in [-0.15, -0.1) is 0 Å². The van der Waals surface area contributed by atoms with Crippen LogP contribution in [0.5, 0.6) is 17.2 Å². The second-order valence-electron chi connectivity index (χ2n) is 8.38. The van der Waals surface area contributed by atoms with E-state index in [4.69, 9.17) is 25.8 Å². The average Bonchev–Trinajstić information content (AvgIpc) is 2.93. The van der Waals surface area contributed by atoms with Crippen LogP contribution in [0, 0.1) is 6.92 Å². The quantitative estimate of drug-likeness (QED) is 0.199. The lowest BCUT2D eigenvalue weighted by Crippen LogP contribution is -2.24. The summed E-state index contributed by atoms with van der Waals surface area (Å²) in [6.45, 7) is 3.63. The summed E-state index contributed by atoms with van der Waals surface area (Å²) in [7, 11) is 0. The molecule has 0 spiro atoms. The second kappa shape index (κ2) is 13.3. The molecule has 10 heteroatoms. The van der Waals surface area contributed by atoms with E-state index in [1.165, 1.54) is 6.21 Å². The molecule has 0 atom stereocenters. The van der Waals surface area contributed by atoms with Crippen LogP contribution in [0.3, 0.4) is 0 Å². The molecule has 2 N–H and O–H groups in total. The van der Waals surface area contributed by atoms with Gasteiger partial charge in [0.15, 0.2) is 24.7 Å². The summed E-state index contributed by atoms with van der Waals surface area (Å²) in [5.74, 6) is 0.286. The monoisotopic (exact) mass is 546 g/mol. The first-order chi connectivity index (χ1) is 18.9. The fourth-order valence-corrected chi connectivity index (χ4v) is 3.86. The lowest BCUT2D eigenvalue weighted by atomic mass is 10.2. The van der Waals surface area contributed by atoms with Crippen LogP contribution < -0.4 is 25.0 Å². The third kappa shape index (κ3) is 7.68. The van der Waals surface area contributed by atoms with Gasteiger partial charge in [-0.2, -0.15) is 5.10 Å². The van der Waals surface area contributed by atoms with Gasteiger partial charge in [0.25, 0.3) is 11.8 Å². The highest BCUT2D eigenvalue weighted by molar-refractivity contribution is 6.32. The Morgan fingerprint density at radius 1 is 0.949 bits per heavy atom. The number of pyridine rings is 1. The molecule has 200 valence electrons. The molecule has 2 amide bonds. The van der Waals surface area contributed by atoms with E-state index in [0.29, 0.717) is 34.9 Å². The number of fused-ring (bicyclic) bond motifs is 1. The highest BCUT2D eigenvalue weighted by atomic mass is 35.5. The zero-order valence-electron chi connectivity index (χ0n) is 21.4. The Bertz CT molecular complexity index is 1490. The van der Waals surface area contributed by atoms with E-state index in [2.05, 4.69) is 20.8 Å². The van der Waals surface area contributed by atoms with Crippen molar-refractivity contribution in [3.05, 3.63) is 89.1 Å². The molecule has 1 heterocycles. The number of aryl methyl sites for hydroxylation is 1. The standard InChI is InChI=1S/C29H27ClN4O5/c1-3-37-25-15-20(14-23(30)29(25)39-17-26(35)33-22-11-9-19(2)10-12-22)16-32-34-27(36)18-38-24-8-4-6-21-7-5-13-31-28(21)24/h4-16H,3,17-18H2,1-2H3,(H,33,35)(H,34,36)/b32-16+. The van der Waals surface area contributed by atoms with E-state index in [9.17, 15) is 9.59 Å². The lowest BCUT2D eigenvalue weighted by molar-refractivity contribution is -0.123. The van der Waals surface area contributed by atoms with Crippen molar-refractivity contribution < 1.29 is 23.8 Å². The van der Waals surface area contributed by atoms with Crippen molar-refractivity contribution in [3.8, 4) is 17.2 Å². The summed E-state index contributed by atoms with van der Waals surface area (Å²) in [5.41, 5.74) is 5.40. The molecule has 9 nitrogen and oxygen atoms in total. The fourth-order valence-electron chi connectivity index (χ4n) is 3.58. The highest BCUT2D eigenvalue weighted by Crippen LogP contribution is 2.36. The maximum atomic E-state index is 12.3. The first kappa shape index (κ1) is 27.4. The van der Waals surface area contributed by atoms with Crippen LogP contribution >= 0.6 is 11.6 Å². The van der Waals surface area contributed by atoms with Crippen LogP contribution in [0.15, 0.2) is 78.0 Å². The third-order valence-corrected chi connectivity index (χ3v) is 5.65. The van der Waals surface area contributed by atoms with Gasteiger partial charge in [-0.05, 0) is 55.8 Å². The summed E-state index contributed by atoms with van der Waals surface area (Å²) in [6.07, 6.45) is 3.08. The molecule has 4 rings (SSSR count). The van der Waals surface area contributed by atoms with Gasteiger partial charge in [0.2, 0.25) is 0 Å². The number of carbonyl (C=O) groups is 2. The summed E-state index contributed by atoms with van der Waals surface area (Å²) in [6, 6.07) is 19.9. The number of benzene rings is 3. The van der Waals surface area contributed by atoms with Gasteiger partial charge in [-0.1, -0.05) is 47.5 Å². The van der Waals surface area contributed by atoms with Crippen LogP contribution in [-0.4, -0.2) is 42.8 Å². The van der Waals surface area contributed by atoms with Crippen LogP contribution in [0.4, 0.5) is 5.69 Å². The van der Waals surface area contributed by atoms with Crippen LogP contribution in [0.25, 0.3) is 10.9 Å². The maximum absolute atomic E-state index is 12.3. The Morgan fingerprint density at radius 3 is 2.51 bits per heavy atom. The minimum Gasteiger partial charge on any atom is -0.490 e. The van der Waals surface area contributed by atoms with Crippen molar-refractivity contribution in [1.82, 2.24) is 10.4 Å². The predicted octanol–water partition coefficient (Wildman–Crippen LogP) is 5.14. The molecule has 0 saturated carbocycles. The minimum absolute atomic E-state index is 0.226. The molecule has 39 heavy (non-hydrogen) atoms. The van der Waals surface area contributed by atoms with Crippen LogP contribution in [0.1, 0.15) is 18.1 Å².